The van der Waals surface area contributed by atoms with E-state index in [1.807, 2.05) is 6.08 Å². The fourth-order valence-electron chi connectivity index (χ4n) is 1.24. The summed E-state index contributed by atoms with van der Waals surface area (Å²) in [5.41, 5.74) is 0. The molecule has 3 heteroatoms. The van der Waals surface area contributed by atoms with Gasteiger partial charge in [-0.05, 0) is 12.5 Å². The molecule has 0 amide bonds. The highest BCUT2D eigenvalue weighted by molar-refractivity contribution is 5.98. The van der Waals surface area contributed by atoms with E-state index in [1.54, 1.807) is 6.26 Å². The number of hydrogen-bond donors (Lipinski definition) is 0. The molecule has 0 rings (SSSR count). The lowest BCUT2D eigenvalue weighted by molar-refractivity contribution is 0.237. The fourth-order valence-corrected chi connectivity index (χ4v) is 1.43. The summed E-state index contributed by atoms with van der Waals surface area (Å²) in [4.78, 5) is 0. The fraction of sp³-hybridized carbons (Fsp3) is 0.818. The van der Waals surface area contributed by atoms with Crippen LogP contribution < -0.4 is 0 Å². The van der Waals surface area contributed by atoms with Gasteiger partial charge in [-0.15, -0.1) is 0 Å². The molecule has 84 valence electrons. The van der Waals surface area contributed by atoms with Gasteiger partial charge in [-0.25, -0.2) is 0 Å². The summed E-state index contributed by atoms with van der Waals surface area (Å²) >= 11 is 0. The second kappa shape index (κ2) is 12.7. The van der Waals surface area contributed by atoms with Gasteiger partial charge in [0.25, 0.3) is 0 Å². The largest absolute Gasteiger partial charge is 0.501 e. The highest BCUT2D eigenvalue weighted by atomic mass is 28.2. The first kappa shape index (κ1) is 13.7. The summed E-state index contributed by atoms with van der Waals surface area (Å²) in [6, 6.07) is 0. The summed E-state index contributed by atoms with van der Waals surface area (Å²) in [6.07, 6.45) is 11.6. The van der Waals surface area contributed by atoms with E-state index in [0.29, 0.717) is 6.61 Å². The Labute approximate surface area is 91.2 Å². The van der Waals surface area contributed by atoms with E-state index in [-0.39, 0.29) is 0 Å². The van der Waals surface area contributed by atoms with Gasteiger partial charge in [-0.1, -0.05) is 39.0 Å². The first-order valence-electron chi connectivity index (χ1n) is 5.67. The van der Waals surface area contributed by atoms with Crippen LogP contribution in [0.2, 0.25) is 0 Å². The minimum Gasteiger partial charge on any atom is -0.501 e. The van der Waals surface area contributed by atoms with Crippen molar-refractivity contribution in [1.82, 2.24) is 0 Å². The van der Waals surface area contributed by atoms with Gasteiger partial charge < -0.3 is 9.16 Å². The average molecular weight is 216 g/mol. The molecular weight excluding hydrogens is 192 g/mol. The second-order valence-electron chi connectivity index (χ2n) is 3.47. The first-order chi connectivity index (χ1) is 6.91. The highest BCUT2D eigenvalue weighted by Crippen LogP contribution is 2.04. The predicted octanol–water partition coefficient (Wildman–Crippen LogP) is 2.17. The molecule has 0 N–H and O–H groups in total. The molecular formula is C11H24O2Si. The van der Waals surface area contributed by atoms with Gasteiger partial charge in [0.05, 0.1) is 19.5 Å². The van der Waals surface area contributed by atoms with E-state index in [2.05, 4.69) is 6.92 Å². The van der Waals surface area contributed by atoms with Crippen LogP contribution in [0.4, 0.5) is 0 Å². The van der Waals surface area contributed by atoms with E-state index < -0.39 is 0 Å². The highest BCUT2D eigenvalue weighted by Gasteiger charge is 1.88. The van der Waals surface area contributed by atoms with E-state index in [9.17, 15) is 0 Å². The van der Waals surface area contributed by atoms with Gasteiger partial charge >= 0.3 is 0 Å². The summed E-state index contributed by atoms with van der Waals surface area (Å²) in [6.45, 7) is 3.79. The van der Waals surface area contributed by atoms with Gasteiger partial charge in [-0.3, -0.25) is 0 Å². The van der Waals surface area contributed by atoms with Crippen LogP contribution in [0.1, 0.15) is 45.4 Å². The molecule has 0 saturated heterocycles. The molecule has 0 fully saturated rings. The Morgan fingerprint density at radius 2 is 1.79 bits per heavy atom. The maximum atomic E-state index is 5.30. The first-order valence-corrected chi connectivity index (χ1v) is 6.49. The number of unbranched alkanes of at least 4 members (excludes halogenated alkanes) is 5. The summed E-state index contributed by atoms with van der Waals surface area (Å²) in [5, 5.41) is 0. The van der Waals surface area contributed by atoms with E-state index in [0.717, 1.165) is 17.1 Å². The minimum absolute atomic E-state index is 0.697. The van der Waals surface area contributed by atoms with E-state index in [4.69, 9.17) is 9.16 Å². The summed E-state index contributed by atoms with van der Waals surface area (Å²) in [7, 11) is 0.803. The molecule has 0 aliphatic heterocycles. The Bertz CT molecular complexity index is 126. The lowest BCUT2D eigenvalue weighted by Crippen LogP contribution is -1.89. The molecule has 14 heavy (non-hydrogen) atoms. The van der Waals surface area contributed by atoms with Crippen LogP contribution in [0.5, 0.6) is 0 Å². The second-order valence-corrected chi connectivity index (χ2v) is 4.04. The Morgan fingerprint density at radius 1 is 1.07 bits per heavy atom. The van der Waals surface area contributed by atoms with Crippen molar-refractivity contribution in [3.05, 3.63) is 12.3 Å². The van der Waals surface area contributed by atoms with Crippen molar-refractivity contribution in [2.75, 3.05) is 13.2 Å². The third-order valence-corrected chi connectivity index (χ3v) is 2.40. The van der Waals surface area contributed by atoms with Crippen LogP contribution >= 0.6 is 0 Å². The topological polar surface area (TPSA) is 18.5 Å². The number of hydrogen-bond acceptors (Lipinski definition) is 2. The molecule has 0 aliphatic carbocycles. The Balaban J connectivity index is 2.91. The zero-order chi connectivity index (χ0) is 10.5. The van der Waals surface area contributed by atoms with Crippen LogP contribution in [-0.2, 0) is 9.16 Å². The molecule has 0 aliphatic rings. The third-order valence-electron chi connectivity index (χ3n) is 2.07. The zero-order valence-electron chi connectivity index (χ0n) is 9.63. The summed E-state index contributed by atoms with van der Waals surface area (Å²) in [5.74, 6) is 0. The molecule has 0 aromatic heterocycles. The van der Waals surface area contributed by atoms with Crippen LogP contribution in [0.25, 0.3) is 0 Å². The predicted molar refractivity (Wildman–Crippen MR) is 64.4 cm³/mol. The van der Waals surface area contributed by atoms with Crippen molar-refractivity contribution < 1.29 is 9.16 Å². The lowest BCUT2D eigenvalue weighted by atomic mass is 10.1. The Hall–Kier alpha value is -0.283. The van der Waals surface area contributed by atoms with Crippen molar-refractivity contribution >= 4 is 10.5 Å². The van der Waals surface area contributed by atoms with Crippen molar-refractivity contribution in [2.24, 2.45) is 0 Å². The lowest BCUT2D eigenvalue weighted by Gasteiger charge is -2.01. The normalized spacial score (nSPS) is 11.2. The maximum Gasteiger partial charge on any atom is 0.146 e. The molecule has 2 nitrogen and oxygen atoms in total. The van der Waals surface area contributed by atoms with Crippen molar-refractivity contribution in [3.8, 4) is 0 Å². The van der Waals surface area contributed by atoms with Gasteiger partial charge in [-0.2, -0.15) is 0 Å². The summed E-state index contributed by atoms with van der Waals surface area (Å²) < 4.78 is 10.3. The van der Waals surface area contributed by atoms with Gasteiger partial charge in [0.1, 0.15) is 10.5 Å². The number of rotatable bonds is 10. The molecule has 0 bridgehead atoms. The van der Waals surface area contributed by atoms with Gasteiger partial charge in [0.15, 0.2) is 0 Å². The molecule has 0 atom stereocenters. The van der Waals surface area contributed by atoms with Crippen LogP contribution in [0.3, 0.4) is 0 Å². The molecule has 0 heterocycles. The SMILES string of the molecule is CCCCCCCCOC=CCO[SiH3]. The standard InChI is InChI=1S/C11H24O2Si/c1-2-3-4-5-6-7-9-12-10-8-11-13-14/h8,10H,2-7,9,11H2,1,14H3. The van der Waals surface area contributed by atoms with E-state index >= 15 is 0 Å². The molecule has 0 saturated carbocycles. The monoisotopic (exact) mass is 216 g/mol. The maximum absolute atomic E-state index is 5.30. The molecule has 0 unspecified atom stereocenters. The van der Waals surface area contributed by atoms with Crippen molar-refractivity contribution in [1.29, 1.82) is 0 Å². The van der Waals surface area contributed by atoms with Crippen molar-refractivity contribution in [2.45, 2.75) is 45.4 Å². The Kier molecular flexibility index (Phi) is 12.5. The smallest absolute Gasteiger partial charge is 0.146 e. The van der Waals surface area contributed by atoms with Crippen LogP contribution in [-0.4, -0.2) is 23.7 Å². The van der Waals surface area contributed by atoms with Crippen LogP contribution in [0, 0.1) is 0 Å². The van der Waals surface area contributed by atoms with Crippen molar-refractivity contribution in [3.63, 3.8) is 0 Å². The van der Waals surface area contributed by atoms with Crippen LogP contribution in [0.15, 0.2) is 12.3 Å². The molecule has 0 spiro atoms. The molecule has 0 aromatic carbocycles. The zero-order valence-corrected chi connectivity index (χ0v) is 11.6. The average Bonchev–Trinajstić information content (AvgIpc) is 2.21. The van der Waals surface area contributed by atoms with Gasteiger partial charge in [0, 0.05) is 0 Å². The third kappa shape index (κ3) is 11.7. The Morgan fingerprint density at radius 3 is 2.50 bits per heavy atom. The minimum atomic E-state index is 0.697. The van der Waals surface area contributed by atoms with Gasteiger partial charge in [0.2, 0.25) is 0 Å². The van der Waals surface area contributed by atoms with E-state index in [1.165, 1.54) is 38.5 Å². The number of ether oxygens (including phenoxy) is 1. The quantitative estimate of drug-likeness (QED) is 0.316. The molecule has 0 radical (unpaired) electrons. The molecule has 0 aromatic rings.